The number of ketones is 1. The van der Waals surface area contributed by atoms with Gasteiger partial charge in [0, 0.05) is 29.2 Å². The van der Waals surface area contributed by atoms with E-state index < -0.39 is 12.0 Å². The maximum atomic E-state index is 13.4. The number of carbonyl (C=O) groups is 2. The summed E-state index contributed by atoms with van der Waals surface area (Å²) in [6, 6.07) is 20.7. The van der Waals surface area contributed by atoms with Gasteiger partial charge in [-0.1, -0.05) is 30.3 Å². The number of carbonyl (C=O) groups excluding carboxylic acids is 2. The van der Waals surface area contributed by atoms with Crippen LogP contribution in [0.4, 0.5) is 4.39 Å². The molecular formula is C28H24FN3O3. The number of Topliss-reactive ketones (excluding diaryl/α,β-unsaturated/α-hetero) is 1. The van der Waals surface area contributed by atoms with Crippen LogP contribution in [-0.2, 0) is 0 Å². The van der Waals surface area contributed by atoms with Crippen LogP contribution in [0.25, 0.3) is 0 Å². The molecule has 1 aliphatic carbocycles. The lowest BCUT2D eigenvalue weighted by molar-refractivity contribution is -0.00456. The lowest BCUT2D eigenvalue weighted by Gasteiger charge is -2.37. The van der Waals surface area contributed by atoms with Crippen molar-refractivity contribution in [1.82, 2.24) is 10.3 Å². The van der Waals surface area contributed by atoms with E-state index in [2.05, 4.69) is 5.32 Å². The van der Waals surface area contributed by atoms with Gasteiger partial charge in [-0.15, -0.1) is 0 Å². The number of ether oxygens (including phenoxy) is 1. The first kappa shape index (κ1) is 21.5. The van der Waals surface area contributed by atoms with E-state index in [1.807, 2.05) is 48.5 Å². The fourth-order valence-electron chi connectivity index (χ4n) is 4.77. The molecule has 1 saturated carbocycles. The number of hydrogen-bond donors (Lipinski definition) is 1. The number of nitrogens with one attached hydrogen (secondary N) is 1. The molecule has 35 heavy (non-hydrogen) atoms. The molecule has 2 aliphatic heterocycles. The molecule has 6 nitrogen and oxygen atoms in total. The van der Waals surface area contributed by atoms with Gasteiger partial charge < -0.3 is 10.1 Å². The minimum absolute atomic E-state index is 0.0562. The molecular weight excluding hydrogens is 445 g/mol. The molecule has 3 aliphatic rings. The fraction of sp³-hybridized carbons (Fsp3) is 0.250. The van der Waals surface area contributed by atoms with Crippen LogP contribution >= 0.6 is 0 Å². The zero-order valence-electron chi connectivity index (χ0n) is 19.0. The van der Waals surface area contributed by atoms with Crippen LogP contribution in [0.15, 0.2) is 77.9 Å². The van der Waals surface area contributed by atoms with Gasteiger partial charge in [0.15, 0.2) is 0 Å². The Balaban J connectivity index is 1.29. The third-order valence-corrected chi connectivity index (χ3v) is 6.97. The highest BCUT2D eigenvalue weighted by Crippen LogP contribution is 2.43. The van der Waals surface area contributed by atoms with Gasteiger partial charge in [-0.2, -0.15) is 5.10 Å². The molecule has 2 atom stereocenters. The normalized spacial score (nSPS) is 20.7. The van der Waals surface area contributed by atoms with Crippen molar-refractivity contribution in [2.45, 2.75) is 44.0 Å². The Morgan fingerprint density at radius 3 is 2.37 bits per heavy atom. The van der Waals surface area contributed by atoms with Gasteiger partial charge in [0.1, 0.15) is 11.6 Å². The van der Waals surface area contributed by atoms with Crippen LogP contribution in [0, 0.1) is 5.82 Å². The van der Waals surface area contributed by atoms with Crippen LogP contribution in [0.2, 0.25) is 0 Å². The van der Waals surface area contributed by atoms with Gasteiger partial charge in [0.25, 0.3) is 12.1 Å². The van der Waals surface area contributed by atoms with Crippen molar-refractivity contribution >= 4 is 17.4 Å². The maximum absolute atomic E-state index is 13.4. The van der Waals surface area contributed by atoms with Gasteiger partial charge in [-0.25, -0.2) is 9.40 Å². The molecule has 2 heterocycles. The third-order valence-electron chi connectivity index (χ3n) is 6.97. The molecule has 0 saturated heterocycles. The minimum Gasteiger partial charge on any atom is -0.461 e. The van der Waals surface area contributed by atoms with Gasteiger partial charge in [0.2, 0.25) is 5.78 Å². The first-order valence-electron chi connectivity index (χ1n) is 11.9. The quantitative estimate of drug-likeness (QED) is 0.542. The van der Waals surface area contributed by atoms with Gasteiger partial charge in [-0.05, 0) is 67.3 Å². The van der Waals surface area contributed by atoms with Crippen molar-refractivity contribution in [3.63, 3.8) is 0 Å². The molecule has 6 rings (SSSR count). The van der Waals surface area contributed by atoms with Crippen molar-refractivity contribution in [3.05, 3.63) is 101 Å². The molecule has 0 aromatic heterocycles. The van der Waals surface area contributed by atoms with E-state index in [4.69, 9.17) is 9.84 Å². The van der Waals surface area contributed by atoms with Crippen LogP contribution in [0.3, 0.4) is 0 Å². The highest BCUT2D eigenvalue weighted by Gasteiger charge is 2.43. The zero-order chi connectivity index (χ0) is 23.9. The van der Waals surface area contributed by atoms with E-state index >= 15 is 0 Å². The highest BCUT2D eigenvalue weighted by atomic mass is 19.1. The third kappa shape index (κ3) is 3.97. The van der Waals surface area contributed by atoms with E-state index in [9.17, 15) is 14.0 Å². The number of fused-ring (bicyclic) bond motifs is 3. The van der Waals surface area contributed by atoms with Crippen LogP contribution in [0.1, 0.15) is 63.6 Å². The number of hydrazone groups is 1. The van der Waals surface area contributed by atoms with E-state index in [0.717, 1.165) is 29.7 Å². The van der Waals surface area contributed by atoms with Gasteiger partial charge in [0.05, 0.1) is 11.8 Å². The Morgan fingerprint density at radius 1 is 0.943 bits per heavy atom. The second-order valence-corrected chi connectivity index (χ2v) is 9.20. The second kappa shape index (κ2) is 8.65. The summed E-state index contributed by atoms with van der Waals surface area (Å²) in [5.74, 6) is -0.0915. The standard InChI is InChI=1S/C28H24FN3O3/c29-20-14-12-18(13-15-20)26(33)28-32-24(22-6-1-2-7-25(22)35-28)16-23(31-32)17-8-10-19(11-9-17)27(34)30-21-4-3-5-21/h1-2,6-15,21,24,28H,3-5,16H2,(H,30,34). The molecule has 1 fully saturated rings. The predicted molar refractivity (Wildman–Crippen MR) is 129 cm³/mol. The number of para-hydroxylation sites is 1. The molecule has 7 heteroatoms. The van der Waals surface area contributed by atoms with E-state index in [1.54, 1.807) is 5.01 Å². The van der Waals surface area contributed by atoms with Gasteiger partial charge in [-0.3, -0.25) is 9.59 Å². The Bertz CT molecular complexity index is 1320. The van der Waals surface area contributed by atoms with Crippen LogP contribution in [-0.4, -0.2) is 34.7 Å². The second-order valence-electron chi connectivity index (χ2n) is 9.20. The van der Waals surface area contributed by atoms with Crippen LogP contribution in [0.5, 0.6) is 5.75 Å². The molecule has 1 N–H and O–H groups in total. The Labute approximate surface area is 202 Å². The summed E-state index contributed by atoms with van der Waals surface area (Å²) >= 11 is 0. The molecule has 1 amide bonds. The molecule has 2 unspecified atom stereocenters. The average molecular weight is 470 g/mol. The van der Waals surface area contributed by atoms with E-state index in [1.165, 1.54) is 30.7 Å². The number of amides is 1. The highest BCUT2D eigenvalue weighted by molar-refractivity contribution is 6.04. The molecule has 0 spiro atoms. The summed E-state index contributed by atoms with van der Waals surface area (Å²) in [7, 11) is 0. The Morgan fingerprint density at radius 2 is 1.66 bits per heavy atom. The number of nitrogens with zero attached hydrogens (tertiary/aromatic N) is 2. The van der Waals surface area contributed by atoms with Gasteiger partial charge >= 0.3 is 0 Å². The predicted octanol–water partition coefficient (Wildman–Crippen LogP) is 4.86. The molecule has 176 valence electrons. The Kier molecular flexibility index (Phi) is 5.32. The summed E-state index contributed by atoms with van der Waals surface area (Å²) in [5, 5.41) is 9.56. The largest absolute Gasteiger partial charge is 0.461 e. The van der Waals surface area contributed by atoms with Crippen molar-refractivity contribution in [2.24, 2.45) is 5.10 Å². The Hall–Kier alpha value is -4.00. The molecule has 3 aromatic rings. The fourth-order valence-corrected chi connectivity index (χ4v) is 4.77. The van der Waals surface area contributed by atoms with Crippen molar-refractivity contribution in [1.29, 1.82) is 0 Å². The number of benzene rings is 3. The maximum Gasteiger partial charge on any atom is 0.251 e. The first-order valence-corrected chi connectivity index (χ1v) is 11.9. The van der Waals surface area contributed by atoms with Crippen molar-refractivity contribution in [2.75, 3.05) is 0 Å². The molecule has 0 bridgehead atoms. The topological polar surface area (TPSA) is 71.0 Å². The summed E-state index contributed by atoms with van der Waals surface area (Å²) < 4.78 is 19.5. The van der Waals surface area contributed by atoms with E-state index in [-0.39, 0.29) is 23.8 Å². The zero-order valence-corrected chi connectivity index (χ0v) is 19.0. The smallest absolute Gasteiger partial charge is 0.251 e. The molecule has 3 aromatic carbocycles. The summed E-state index contributed by atoms with van der Waals surface area (Å²) in [4.78, 5) is 25.8. The number of rotatable bonds is 5. The number of halogens is 1. The monoisotopic (exact) mass is 469 g/mol. The lowest BCUT2D eigenvalue weighted by Crippen LogP contribution is -2.45. The summed E-state index contributed by atoms with van der Waals surface area (Å²) in [6.45, 7) is 0. The summed E-state index contributed by atoms with van der Waals surface area (Å²) in [5.41, 5.74) is 3.66. The lowest BCUT2D eigenvalue weighted by atomic mass is 9.92. The average Bonchev–Trinajstić information content (AvgIpc) is 3.31. The van der Waals surface area contributed by atoms with Crippen LogP contribution < -0.4 is 10.1 Å². The minimum atomic E-state index is -0.953. The SMILES string of the molecule is O=C(NC1CCC1)c1ccc(C2=NN3C(C(=O)c4ccc(F)cc4)Oc4ccccc4C3C2)cc1. The summed E-state index contributed by atoms with van der Waals surface area (Å²) in [6.07, 6.45) is 2.89. The number of hydrogen-bond acceptors (Lipinski definition) is 5. The molecule has 0 radical (unpaired) electrons. The van der Waals surface area contributed by atoms with Crippen molar-refractivity contribution in [3.8, 4) is 5.75 Å². The van der Waals surface area contributed by atoms with Crippen molar-refractivity contribution < 1.29 is 18.7 Å². The van der Waals surface area contributed by atoms with E-state index in [0.29, 0.717) is 23.3 Å². The first-order chi connectivity index (χ1) is 17.1.